The van der Waals surface area contributed by atoms with Crippen molar-refractivity contribution in [1.82, 2.24) is 4.72 Å². The number of hydrogen-bond acceptors (Lipinski definition) is 5. The van der Waals surface area contributed by atoms with Gasteiger partial charge >= 0.3 is 5.97 Å². The number of halogens is 1. The molecule has 0 saturated heterocycles. The molecule has 0 atom stereocenters. The number of fused-ring (bicyclic) bond motifs is 1. The predicted molar refractivity (Wildman–Crippen MR) is 101 cm³/mol. The highest BCUT2D eigenvalue weighted by Crippen LogP contribution is 2.18. The van der Waals surface area contributed by atoms with Crippen molar-refractivity contribution >= 4 is 32.5 Å². The third-order valence-electron chi connectivity index (χ3n) is 3.98. The topological polar surface area (TPSA) is 89.5 Å². The number of nitrogens with one attached hydrogen (secondary N) is 1. The fourth-order valence-electron chi connectivity index (χ4n) is 2.53. The molecule has 0 heterocycles. The SMILES string of the molecule is O=C(CNS(=O)(=O)c1ccc2ccccc2c1)OCC(=O)c1ccccc1F. The van der Waals surface area contributed by atoms with E-state index >= 15 is 0 Å². The summed E-state index contributed by atoms with van der Waals surface area (Å²) in [6.45, 7) is -1.34. The lowest BCUT2D eigenvalue weighted by atomic mass is 10.1. The van der Waals surface area contributed by atoms with Gasteiger partial charge < -0.3 is 4.74 Å². The van der Waals surface area contributed by atoms with Crippen molar-refractivity contribution in [2.75, 3.05) is 13.2 Å². The van der Waals surface area contributed by atoms with Crippen molar-refractivity contribution in [2.45, 2.75) is 4.90 Å². The van der Waals surface area contributed by atoms with E-state index in [0.29, 0.717) is 0 Å². The fourth-order valence-corrected chi connectivity index (χ4v) is 3.54. The summed E-state index contributed by atoms with van der Waals surface area (Å²) >= 11 is 0. The van der Waals surface area contributed by atoms with Gasteiger partial charge in [0.2, 0.25) is 15.8 Å². The number of ketones is 1. The minimum absolute atomic E-state index is 0.00133. The molecular weight excluding hydrogens is 385 g/mol. The first-order chi connectivity index (χ1) is 13.4. The summed E-state index contributed by atoms with van der Waals surface area (Å²) in [5.41, 5.74) is -0.202. The van der Waals surface area contributed by atoms with E-state index in [4.69, 9.17) is 4.74 Å². The summed E-state index contributed by atoms with van der Waals surface area (Å²) in [6, 6.07) is 17.1. The van der Waals surface area contributed by atoms with Crippen LogP contribution in [0.15, 0.2) is 71.6 Å². The van der Waals surface area contributed by atoms with Crippen LogP contribution in [0, 0.1) is 5.82 Å². The standard InChI is InChI=1S/C20H16FNO5S/c21-18-8-4-3-7-17(18)19(23)13-27-20(24)12-22-28(25,26)16-10-9-14-5-1-2-6-15(14)11-16/h1-11,22H,12-13H2. The van der Waals surface area contributed by atoms with E-state index in [-0.39, 0.29) is 10.5 Å². The average Bonchev–Trinajstić information content (AvgIpc) is 2.70. The Kier molecular flexibility index (Phi) is 5.81. The molecule has 0 saturated carbocycles. The Morgan fingerprint density at radius 3 is 2.36 bits per heavy atom. The molecule has 144 valence electrons. The maximum atomic E-state index is 13.5. The Morgan fingerprint density at radius 2 is 1.61 bits per heavy atom. The van der Waals surface area contributed by atoms with Gasteiger partial charge in [-0.05, 0) is 35.0 Å². The molecule has 0 aliphatic rings. The largest absolute Gasteiger partial charge is 0.456 e. The van der Waals surface area contributed by atoms with Gasteiger partial charge in [0.15, 0.2) is 6.61 Å². The number of rotatable bonds is 7. The molecular formula is C20H16FNO5S. The molecule has 6 nitrogen and oxygen atoms in total. The quantitative estimate of drug-likeness (QED) is 0.486. The second kappa shape index (κ2) is 8.28. The number of benzene rings is 3. The van der Waals surface area contributed by atoms with E-state index in [2.05, 4.69) is 4.72 Å². The Morgan fingerprint density at radius 1 is 0.929 bits per heavy atom. The first-order valence-electron chi connectivity index (χ1n) is 8.29. The van der Waals surface area contributed by atoms with Crippen LogP contribution in [0.5, 0.6) is 0 Å². The van der Waals surface area contributed by atoms with Gasteiger partial charge in [0.1, 0.15) is 12.4 Å². The molecule has 0 aromatic heterocycles. The number of esters is 1. The Balaban J connectivity index is 1.58. The highest BCUT2D eigenvalue weighted by Gasteiger charge is 2.18. The van der Waals surface area contributed by atoms with Gasteiger partial charge in [-0.1, -0.05) is 42.5 Å². The summed E-state index contributed by atoms with van der Waals surface area (Å²) in [6.07, 6.45) is 0. The van der Waals surface area contributed by atoms with Gasteiger partial charge in [0.25, 0.3) is 0 Å². The van der Waals surface area contributed by atoms with Gasteiger partial charge in [-0.25, -0.2) is 12.8 Å². The minimum atomic E-state index is -3.94. The predicted octanol–water partition coefficient (Wildman–Crippen LogP) is 2.68. The monoisotopic (exact) mass is 401 g/mol. The van der Waals surface area contributed by atoms with Crippen LogP contribution in [0.1, 0.15) is 10.4 Å². The van der Waals surface area contributed by atoms with E-state index in [1.54, 1.807) is 18.2 Å². The summed E-state index contributed by atoms with van der Waals surface area (Å²) in [4.78, 5) is 23.6. The molecule has 0 spiro atoms. The zero-order chi connectivity index (χ0) is 20.1. The second-order valence-electron chi connectivity index (χ2n) is 5.90. The molecule has 28 heavy (non-hydrogen) atoms. The van der Waals surface area contributed by atoms with Crippen molar-refractivity contribution in [3.8, 4) is 0 Å². The summed E-state index contributed by atoms with van der Waals surface area (Å²) in [7, 11) is -3.94. The summed E-state index contributed by atoms with van der Waals surface area (Å²) in [5.74, 6) is -2.39. The molecule has 3 rings (SSSR count). The molecule has 0 aliphatic heterocycles. The third-order valence-corrected chi connectivity index (χ3v) is 5.38. The molecule has 0 radical (unpaired) electrons. The zero-order valence-corrected chi connectivity index (χ0v) is 15.4. The molecule has 0 amide bonds. The van der Waals surface area contributed by atoms with Gasteiger partial charge in [-0.2, -0.15) is 4.72 Å². The number of carbonyl (C=O) groups is 2. The summed E-state index contributed by atoms with van der Waals surface area (Å²) in [5, 5.41) is 1.62. The van der Waals surface area contributed by atoms with E-state index in [0.717, 1.165) is 16.8 Å². The van der Waals surface area contributed by atoms with Crippen molar-refractivity contribution in [3.05, 3.63) is 78.1 Å². The van der Waals surface area contributed by atoms with E-state index in [9.17, 15) is 22.4 Å². The fraction of sp³-hybridized carbons (Fsp3) is 0.100. The first kappa shape index (κ1) is 19.7. The number of hydrogen-bond donors (Lipinski definition) is 1. The molecule has 1 N–H and O–H groups in total. The molecule has 0 bridgehead atoms. The molecule has 0 fully saturated rings. The van der Waals surface area contributed by atoms with Gasteiger partial charge in [0.05, 0.1) is 10.5 Å². The average molecular weight is 401 g/mol. The number of ether oxygens (including phenoxy) is 1. The second-order valence-corrected chi connectivity index (χ2v) is 7.66. The van der Waals surface area contributed by atoms with Crippen LogP contribution in [-0.2, 0) is 19.6 Å². The van der Waals surface area contributed by atoms with Crippen LogP contribution in [0.3, 0.4) is 0 Å². The van der Waals surface area contributed by atoms with Gasteiger partial charge in [-0.15, -0.1) is 0 Å². The molecule has 0 aliphatic carbocycles. The van der Waals surface area contributed by atoms with Crippen molar-refractivity contribution in [2.24, 2.45) is 0 Å². The Hall–Kier alpha value is -3.10. The van der Waals surface area contributed by atoms with E-state index in [1.165, 1.54) is 30.3 Å². The maximum absolute atomic E-state index is 13.5. The van der Waals surface area contributed by atoms with Gasteiger partial charge in [0, 0.05) is 0 Å². The number of carbonyl (C=O) groups excluding carboxylic acids is 2. The summed E-state index contributed by atoms with van der Waals surface area (Å²) < 4.78 is 45.1. The third kappa shape index (κ3) is 4.59. The molecule has 3 aromatic rings. The van der Waals surface area contributed by atoms with Crippen molar-refractivity contribution in [3.63, 3.8) is 0 Å². The van der Waals surface area contributed by atoms with E-state index in [1.807, 2.05) is 12.1 Å². The highest BCUT2D eigenvalue weighted by atomic mass is 32.2. The molecule has 0 unspecified atom stereocenters. The highest BCUT2D eigenvalue weighted by molar-refractivity contribution is 7.89. The number of Topliss-reactive ketones (excluding diaryl/α,β-unsaturated/α-hetero) is 1. The van der Waals surface area contributed by atoms with Crippen LogP contribution in [0.25, 0.3) is 10.8 Å². The Labute approximate surface area is 161 Å². The first-order valence-corrected chi connectivity index (χ1v) is 9.77. The maximum Gasteiger partial charge on any atom is 0.321 e. The van der Waals surface area contributed by atoms with Crippen LogP contribution in [-0.4, -0.2) is 33.3 Å². The lowest BCUT2D eigenvalue weighted by Crippen LogP contribution is -2.31. The van der Waals surface area contributed by atoms with Crippen LogP contribution in [0.4, 0.5) is 4.39 Å². The lowest BCUT2D eigenvalue weighted by Gasteiger charge is -2.08. The Bertz CT molecular complexity index is 1140. The molecule has 8 heteroatoms. The van der Waals surface area contributed by atoms with Crippen LogP contribution >= 0.6 is 0 Å². The van der Waals surface area contributed by atoms with E-state index < -0.39 is 40.7 Å². The van der Waals surface area contributed by atoms with Crippen LogP contribution < -0.4 is 4.72 Å². The lowest BCUT2D eigenvalue weighted by molar-refractivity contribution is -0.141. The normalized spacial score (nSPS) is 11.3. The minimum Gasteiger partial charge on any atom is -0.456 e. The zero-order valence-electron chi connectivity index (χ0n) is 14.6. The smallest absolute Gasteiger partial charge is 0.321 e. The van der Waals surface area contributed by atoms with Crippen LogP contribution in [0.2, 0.25) is 0 Å². The van der Waals surface area contributed by atoms with Crippen molar-refractivity contribution < 1.29 is 27.1 Å². The van der Waals surface area contributed by atoms with Crippen molar-refractivity contribution in [1.29, 1.82) is 0 Å². The molecule has 3 aromatic carbocycles. The number of sulfonamides is 1. The van der Waals surface area contributed by atoms with Gasteiger partial charge in [-0.3, -0.25) is 9.59 Å².